The summed E-state index contributed by atoms with van der Waals surface area (Å²) < 4.78 is 6.55. The van der Waals surface area contributed by atoms with Gasteiger partial charge in [-0.2, -0.15) is 0 Å². The fraction of sp³-hybridized carbons (Fsp3) is 0.0769. The summed E-state index contributed by atoms with van der Waals surface area (Å²) in [6.07, 6.45) is 3.28. The van der Waals surface area contributed by atoms with Gasteiger partial charge in [-0.15, -0.1) is 0 Å². The number of nitrogens with zero attached hydrogens (tertiary/aromatic N) is 1. The molecular formula is C13H12BrN3O. The van der Waals surface area contributed by atoms with Crippen LogP contribution in [0.4, 0.5) is 0 Å². The molecule has 0 fully saturated rings. The fourth-order valence-corrected chi connectivity index (χ4v) is 1.86. The average molecular weight is 306 g/mol. The van der Waals surface area contributed by atoms with E-state index in [4.69, 9.17) is 15.9 Å². The van der Waals surface area contributed by atoms with Crippen molar-refractivity contribution < 1.29 is 4.74 Å². The molecule has 92 valence electrons. The number of aryl methyl sites for hydroxylation is 1. The third-order valence-electron chi connectivity index (χ3n) is 2.33. The summed E-state index contributed by atoms with van der Waals surface area (Å²) in [5.74, 6) is 1.13. The molecule has 0 atom stereocenters. The number of hydrogen-bond acceptors (Lipinski definition) is 3. The Morgan fingerprint density at radius 3 is 2.78 bits per heavy atom. The van der Waals surface area contributed by atoms with Gasteiger partial charge in [-0.05, 0) is 46.6 Å². The van der Waals surface area contributed by atoms with Crippen molar-refractivity contribution in [2.24, 2.45) is 5.73 Å². The normalized spacial score (nSPS) is 10.1. The Morgan fingerprint density at radius 1 is 1.33 bits per heavy atom. The number of benzene rings is 1. The Balaban J connectivity index is 2.39. The van der Waals surface area contributed by atoms with E-state index in [1.807, 2.05) is 19.1 Å². The van der Waals surface area contributed by atoms with Crippen LogP contribution in [0.3, 0.4) is 0 Å². The molecule has 5 heteroatoms. The maximum atomic E-state index is 7.53. The van der Waals surface area contributed by atoms with E-state index < -0.39 is 0 Å². The van der Waals surface area contributed by atoms with Gasteiger partial charge < -0.3 is 10.5 Å². The molecule has 0 amide bonds. The molecule has 0 unspecified atom stereocenters. The highest BCUT2D eigenvalue weighted by Crippen LogP contribution is 2.27. The molecule has 0 saturated heterocycles. The van der Waals surface area contributed by atoms with E-state index in [2.05, 4.69) is 20.9 Å². The number of aromatic nitrogens is 1. The predicted octanol–water partition coefficient (Wildman–Crippen LogP) is 3.23. The first-order valence-corrected chi connectivity index (χ1v) is 6.09. The summed E-state index contributed by atoms with van der Waals surface area (Å²) in [5.41, 5.74) is 7.14. The van der Waals surface area contributed by atoms with E-state index >= 15 is 0 Å². The highest BCUT2D eigenvalue weighted by molar-refractivity contribution is 9.10. The van der Waals surface area contributed by atoms with Gasteiger partial charge in [0.25, 0.3) is 0 Å². The Kier molecular flexibility index (Phi) is 3.62. The van der Waals surface area contributed by atoms with Crippen LogP contribution in [-0.2, 0) is 0 Å². The topological polar surface area (TPSA) is 72.0 Å². The molecule has 1 aromatic heterocycles. The fourth-order valence-electron chi connectivity index (χ4n) is 1.51. The molecule has 0 radical (unpaired) electrons. The molecule has 0 spiro atoms. The molecule has 2 aromatic rings. The zero-order chi connectivity index (χ0) is 13.1. The van der Waals surface area contributed by atoms with Crippen molar-refractivity contribution in [1.82, 2.24) is 4.98 Å². The first kappa shape index (κ1) is 12.6. The Labute approximate surface area is 113 Å². The van der Waals surface area contributed by atoms with Crippen LogP contribution in [-0.4, -0.2) is 10.8 Å². The van der Waals surface area contributed by atoms with Gasteiger partial charge in [0.05, 0.1) is 11.8 Å². The second-order valence-electron chi connectivity index (χ2n) is 3.85. The summed E-state index contributed by atoms with van der Waals surface area (Å²) in [6.45, 7) is 1.95. The summed E-state index contributed by atoms with van der Waals surface area (Å²) in [7, 11) is 0. The van der Waals surface area contributed by atoms with Crippen LogP contribution >= 0.6 is 15.9 Å². The van der Waals surface area contributed by atoms with E-state index in [-0.39, 0.29) is 5.84 Å². The van der Waals surface area contributed by atoms with Crippen molar-refractivity contribution >= 4 is 21.8 Å². The van der Waals surface area contributed by atoms with Crippen molar-refractivity contribution in [3.05, 3.63) is 52.3 Å². The number of amidine groups is 1. The summed E-state index contributed by atoms with van der Waals surface area (Å²) in [5, 5.41) is 7.53. The maximum Gasteiger partial charge on any atom is 0.146 e. The molecule has 2 rings (SSSR count). The number of pyridine rings is 1. The van der Waals surface area contributed by atoms with Gasteiger partial charge in [0, 0.05) is 10.7 Å². The molecular weight excluding hydrogens is 294 g/mol. The van der Waals surface area contributed by atoms with Gasteiger partial charge >= 0.3 is 0 Å². The van der Waals surface area contributed by atoms with Crippen LogP contribution in [0.15, 0.2) is 41.1 Å². The minimum Gasteiger partial charge on any atom is -0.455 e. The zero-order valence-corrected chi connectivity index (χ0v) is 11.4. The highest BCUT2D eigenvalue weighted by atomic mass is 79.9. The second-order valence-corrected chi connectivity index (χ2v) is 4.77. The van der Waals surface area contributed by atoms with Crippen molar-refractivity contribution in [2.75, 3.05) is 0 Å². The van der Waals surface area contributed by atoms with Gasteiger partial charge in [-0.3, -0.25) is 10.4 Å². The molecule has 3 N–H and O–H groups in total. The average Bonchev–Trinajstić information content (AvgIpc) is 2.28. The Bertz CT molecular complexity index is 599. The van der Waals surface area contributed by atoms with Crippen molar-refractivity contribution in [1.29, 1.82) is 5.41 Å². The zero-order valence-electron chi connectivity index (χ0n) is 9.77. The van der Waals surface area contributed by atoms with E-state index in [0.29, 0.717) is 17.1 Å². The molecule has 0 saturated carbocycles. The number of nitrogen functional groups attached to an aromatic ring is 1. The molecule has 4 nitrogen and oxygen atoms in total. The molecule has 0 aliphatic rings. The van der Waals surface area contributed by atoms with Crippen LogP contribution in [0.25, 0.3) is 0 Å². The quantitative estimate of drug-likeness (QED) is 0.675. The third-order valence-corrected chi connectivity index (χ3v) is 2.77. The van der Waals surface area contributed by atoms with E-state index in [1.54, 1.807) is 24.5 Å². The lowest BCUT2D eigenvalue weighted by molar-refractivity contribution is 0.478. The summed E-state index contributed by atoms with van der Waals surface area (Å²) >= 11 is 3.33. The smallest absolute Gasteiger partial charge is 0.146 e. The van der Waals surface area contributed by atoms with Crippen LogP contribution in [0.2, 0.25) is 0 Å². The van der Waals surface area contributed by atoms with Crippen LogP contribution < -0.4 is 10.5 Å². The Morgan fingerprint density at radius 2 is 2.11 bits per heavy atom. The number of hydrogen-bond donors (Lipinski definition) is 2. The lowest BCUT2D eigenvalue weighted by atomic mass is 10.1. The van der Waals surface area contributed by atoms with Crippen LogP contribution in [0, 0.1) is 12.3 Å². The minimum atomic E-state index is -0.0204. The largest absolute Gasteiger partial charge is 0.455 e. The van der Waals surface area contributed by atoms with Crippen molar-refractivity contribution in [2.45, 2.75) is 6.92 Å². The lowest BCUT2D eigenvalue weighted by Crippen LogP contribution is -2.12. The van der Waals surface area contributed by atoms with Gasteiger partial charge in [-0.1, -0.05) is 6.07 Å². The number of nitrogens with two attached hydrogens (primary N) is 1. The standard InChI is InChI=1S/C13H12BrN3O/c1-8-2-3-11(13(15)16)12(4-8)18-10-5-9(14)6-17-7-10/h2-7H,1H3,(H3,15,16). The van der Waals surface area contributed by atoms with Crippen molar-refractivity contribution in [3.63, 3.8) is 0 Å². The van der Waals surface area contributed by atoms with Crippen LogP contribution in [0.5, 0.6) is 11.5 Å². The van der Waals surface area contributed by atoms with Gasteiger partial charge in [-0.25, -0.2) is 0 Å². The number of nitrogens with one attached hydrogen (secondary N) is 1. The summed E-state index contributed by atoms with van der Waals surface area (Å²) in [6, 6.07) is 7.32. The first-order valence-electron chi connectivity index (χ1n) is 5.30. The lowest BCUT2D eigenvalue weighted by Gasteiger charge is -2.11. The second kappa shape index (κ2) is 5.18. The monoisotopic (exact) mass is 305 g/mol. The van der Waals surface area contributed by atoms with Gasteiger partial charge in [0.15, 0.2) is 0 Å². The maximum absolute atomic E-state index is 7.53. The molecule has 1 aromatic carbocycles. The predicted molar refractivity (Wildman–Crippen MR) is 74.2 cm³/mol. The number of ether oxygens (including phenoxy) is 1. The van der Waals surface area contributed by atoms with Gasteiger partial charge in [0.2, 0.25) is 0 Å². The van der Waals surface area contributed by atoms with E-state index in [9.17, 15) is 0 Å². The van der Waals surface area contributed by atoms with Gasteiger partial charge in [0.1, 0.15) is 17.3 Å². The minimum absolute atomic E-state index is 0.0204. The highest BCUT2D eigenvalue weighted by Gasteiger charge is 2.08. The molecule has 1 heterocycles. The van der Waals surface area contributed by atoms with Crippen LogP contribution in [0.1, 0.15) is 11.1 Å². The first-order chi connectivity index (χ1) is 8.56. The third kappa shape index (κ3) is 2.87. The SMILES string of the molecule is Cc1ccc(C(=N)N)c(Oc2cncc(Br)c2)c1. The van der Waals surface area contributed by atoms with Crippen molar-refractivity contribution in [3.8, 4) is 11.5 Å². The summed E-state index contributed by atoms with van der Waals surface area (Å²) in [4.78, 5) is 4.02. The van der Waals surface area contributed by atoms with E-state index in [1.165, 1.54) is 0 Å². The molecule has 18 heavy (non-hydrogen) atoms. The van der Waals surface area contributed by atoms with E-state index in [0.717, 1.165) is 10.0 Å². The molecule has 0 bridgehead atoms. The number of rotatable bonds is 3. The molecule has 0 aliphatic carbocycles. The molecule has 0 aliphatic heterocycles. The Hall–Kier alpha value is -1.88. The number of halogens is 1.